The Morgan fingerprint density at radius 3 is 1.76 bits per heavy atom. The second-order valence-electron chi connectivity index (χ2n) is 21.4. The van der Waals surface area contributed by atoms with E-state index < -0.39 is 0 Å². The summed E-state index contributed by atoms with van der Waals surface area (Å²) in [7, 11) is 0. The molecule has 2 aromatic heterocycles. The minimum absolute atomic E-state index is 0.0156. The van der Waals surface area contributed by atoms with Crippen LogP contribution >= 0.6 is 0 Å². The molecular weight excluding hydrogens is 751 g/mol. The molecule has 8 aromatic rings. The lowest BCUT2D eigenvalue weighted by atomic mass is 9.28. The molecule has 0 saturated carbocycles. The molecule has 4 nitrogen and oxygen atoms in total. The molecule has 0 amide bonds. The smallest absolute Gasteiger partial charge is 0.226 e. The van der Waals surface area contributed by atoms with Crippen molar-refractivity contribution in [1.29, 1.82) is 0 Å². The van der Waals surface area contributed by atoms with Gasteiger partial charge in [0.2, 0.25) is 6.71 Å². The Bertz CT molecular complexity index is 3150. The molecule has 3 aliphatic rings. The van der Waals surface area contributed by atoms with Gasteiger partial charge in [0.05, 0.1) is 28.1 Å². The topological polar surface area (TPSA) is 26.0 Å². The van der Waals surface area contributed by atoms with Gasteiger partial charge in [-0.3, -0.25) is 4.57 Å². The van der Waals surface area contributed by atoms with E-state index in [4.69, 9.17) is 4.98 Å². The lowest BCUT2D eigenvalue weighted by molar-refractivity contribution is 0.590. The van der Waals surface area contributed by atoms with E-state index in [0.29, 0.717) is 0 Å². The second-order valence-corrected chi connectivity index (χ2v) is 21.4. The van der Waals surface area contributed by atoms with Gasteiger partial charge in [0.15, 0.2) is 0 Å². The van der Waals surface area contributed by atoms with E-state index in [1.54, 1.807) is 0 Å². The fraction of sp³-hybridized carbons (Fsp3) is 0.281. The van der Waals surface area contributed by atoms with Crippen molar-refractivity contribution in [2.24, 2.45) is 0 Å². The van der Waals surface area contributed by atoms with Crippen LogP contribution in [0.5, 0.6) is 0 Å². The molecule has 2 atom stereocenters. The van der Waals surface area contributed by atoms with Gasteiger partial charge in [0.1, 0.15) is 5.82 Å². The number of aryl methyl sites for hydroxylation is 2. The third-order valence-electron chi connectivity index (χ3n) is 14.3. The normalized spacial score (nSPS) is 17.4. The van der Waals surface area contributed by atoms with E-state index in [2.05, 4.69) is 224 Å². The number of imidazole rings is 1. The standard InChI is InChI=1S/C57H57BN4/c1-34-17-16-18-35(2)51(34)54-59-45-31-38(57(9,10)11)30-44-53(45)62(54)50-33-40(61-46-21-14-12-19-41(46)42-20-13-15-22-47(42)61)32-49-52(50)58(44)43-29-37(56(6,7)8)25-28-48(43)60(49)39-26-23-36(24-27-39)55(3,4)5/h12-33,49,52H,1-11H3. The summed E-state index contributed by atoms with van der Waals surface area (Å²) in [6.45, 7) is 25.6. The maximum Gasteiger partial charge on any atom is 0.226 e. The first-order chi connectivity index (χ1) is 29.5. The number of hydrogen-bond donors (Lipinski definition) is 0. The predicted octanol–water partition coefficient (Wildman–Crippen LogP) is 13.2. The highest BCUT2D eigenvalue weighted by Crippen LogP contribution is 2.52. The Kier molecular flexibility index (Phi) is 8.28. The number of para-hydroxylation sites is 2. The van der Waals surface area contributed by atoms with Crippen molar-refractivity contribution in [3.8, 4) is 11.4 Å². The van der Waals surface area contributed by atoms with Gasteiger partial charge in [0.25, 0.3) is 0 Å². The summed E-state index contributed by atoms with van der Waals surface area (Å²) in [5.74, 6) is 1.12. The summed E-state index contributed by atoms with van der Waals surface area (Å²) in [4.78, 5) is 8.43. The van der Waals surface area contributed by atoms with E-state index in [1.807, 2.05) is 0 Å². The van der Waals surface area contributed by atoms with Crippen LogP contribution in [0, 0.1) is 13.8 Å². The minimum atomic E-state index is -0.0650. The summed E-state index contributed by atoms with van der Waals surface area (Å²) < 4.78 is 5.12. The molecule has 4 heterocycles. The van der Waals surface area contributed by atoms with Crippen molar-refractivity contribution < 1.29 is 0 Å². The Morgan fingerprint density at radius 2 is 1.15 bits per heavy atom. The van der Waals surface area contributed by atoms with E-state index in [0.717, 1.165) is 11.3 Å². The molecule has 2 unspecified atom stereocenters. The molecule has 62 heavy (non-hydrogen) atoms. The van der Waals surface area contributed by atoms with Crippen molar-refractivity contribution >= 4 is 73.2 Å². The van der Waals surface area contributed by atoms with E-state index >= 15 is 0 Å². The van der Waals surface area contributed by atoms with Crippen molar-refractivity contribution in [2.45, 2.75) is 104 Å². The maximum absolute atomic E-state index is 5.75. The lowest BCUT2D eigenvalue weighted by Gasteiger charge is -2.50. The average molecular weight is 809 g/mol. The molecule has 0 spiro atoms. The minimum Gasteiger partial charge on any atom is -0.335 e. The lowest BCUT2D eigenvalue weighted by Crippen LogP contribution is -2.61. The molecule has 0 N–H and O–H groups in total. The van der Waals surface area contributed by atoms with Gasteiger partial charge in [0, 0.05) is 44.9 Å². The molecule has 0 saturated heterocycles. The predicted molar refractivity (Wildman–Crippen MR) is 266 cm³/mol. The van der Waals surface area contributed by atoms with Crippen LogP contribution in [0.3, 0.4) is 0 Å². The third-order valence-corrected chi connectivity index (χ3v) is 14.3. The van der Waals surface area contributed by atoms with Crippen molar-refractivity contribution in [1.82, 2.24) is 14.1 Å². The Labute approximate surface area is 367 Å². The maximum atomic E-state index is 5.75. The summed E-state index contributed by atoms with van der Waals surface area (Å²) in [5, 5.41) is 2.54. The number of fused-ring (bicyclic) bond motifs is 7. The SMILES string of the molecule is Cc1cccc(C)c1-c1nc2cc(C(C)(C)C)cc3c2n1C1=CC(n2c4ccccc4c4ccccc42)=CC2C1B3c1cc(C(C)(C)C)ccc1N2c1ccc(C(C)(C)C)cc1. The van der Waals surface area contributed by atoms with E-state index in [9.17, 15) is 0 Å². The highest BCUT2D eigenvalue weighted by atomic mass is 15.2. The fourth-order valence-electron chi connectivity index (χ4n) is 11.0. The van der Waals surface area contributed by atoms with Crippen LogP contribution in [0.25, 0.3) is 55.6 Å². The molecule has 0 bridgehead atoms. The molecule has 11 rings (SSSR count). The van der Waals surface area contributed by atoms with Crippen molar-refractivity contribution in [2.75, 3.05) is 4.90 Å². The van der Waals surface area contributed by atoms with Gasteiger partial charge in [-0.05, 0) is 117 Å². The van der Waals surface area contributed by atoms with Crippen LogP contribution < -0.4 is 15.8 Å². The zero-order chi connectivity index (χ0) is 43.2. The molecule has 308 valence electrons. The van der Waals surface area contributed by atoms with Crippen molar-refractivity contribution in [3.63, 3.8) is 0 Å². The molecular formula is C57H57BN4. The van der Waals surface area contributed by atoms with Crippen molar-refractivity contribution in [3.05, 3.63) is 161 Å². The Morgan fingerprint density at radius 1 is 0.565 bits per heavy atom. The van der Waals surface area contributed by atoms with Gasteiger partial charge < -0.3 is 9.47 Å². The summed E-state index contributed by atoms with van der Waals surface area (Å²) in [6.07, 6.45) is 5.13. The van der Waals surface area contributed by atoms with E-state index in [-0.39, 0.29) is 34.8 Å². The average Bonchev–Trinajstić information content (AvgIpc) is 3.77. The van der Waals surface area contributed by atoms with Gasteiger partial charge in [-0.15, -0.1) is 0 Å². The van der Waals surface area contributed by atoms with Crippen LogP contribution in [-0.4, -0.2) is 26.9 Å². The molecule has 6 aromatic carbocycles. The molecule has 0 fully saturated rings. The molecule has 2 aliphatic heterocycles. The van der Waals surface area contributed by atoms with Crippen LogP contribution in [0.15, 0.2) is 133 Å². The van der Waals surface area contributed by atoms with Crippen LogP contribution in [-0.2, 0) is 16.2 Å². The summed E-state index contributed by atoms with van der Waals surface area (Å²) in [5.41, 5.74) is 20.2. The highest BCUT2D eigenvalue weighted by Gasteiger charge is 2.52. The van der Waals surface area contributed by atoms with Gasteiger partial charge >= 0.3 is 0 Å². The Balaban J connectivity index is 1.31. The molecule has 5 heteroatoms. The zero-order valence-electron chi connectivity index (χ0n) is 38.2. The zero-order valence-corrected chi connectivity index (χ0v) is 38.2. The number of hydrogen-bond acceptors (Lipinski definition) is 2. The van der Waals surface area contributed by atoms with Crippen LogP contribution in [0.4, 0.5) is 11.4 Å². The first-order valence-electron chi connectivity index (χ1n) is 22.6. The summed E-state index contributed by atoms with van der Waals surface area (Å²) >= 11 is 0. The number of nitrogens with zero attached hydrogens (tertiary/aromatic N) is 4. The number of anilines is 2. The molecule has 1 aliphatic carbocycles. The summed E-state index contributed by atoms with van der Waals surface area (Å²) in [6, 6.07) is 46.3. The third kappa shape index (κ3) is 5.69. The largest absolute Gasteiger partial charge is 0.335 e. The highest BCUT2D eigenvalue weighted by molar-refractivity contribution is 6.91. The van der Waals surface area contributed by atoms with Gasteiger partial charge in [-0.2, -0.15) is 0 Å². The van der Waals surface area contributed by atoms with E-state index in [1.165, 1.54) is 94.4 Å². The van der Waals surface area contributed by atoms with Crippen LogP contribution in [0.2, 0.25) is 5.82 Å². The number of aromatic nitrogens is 3. The first kappa shape index (κ1) is 38.8. The fourth-order valence-corrected chi connectivity index (χ4v) is 11.0. The van der Waals surface area contributed by atoms with Gasteiger partial charge in [-0.25, -0.2) is 4.98 Å². The quantitative estimate of drug-likeness (QED) is 0.166. The van der Waals surface area contributed by atoms with Gasteiger partial charge in [-0.1, -0.05) is 147 Å². The second kappa shape index (κ2) is 13.2. The van der Waals surface area contributed by atoms with Crippen LogP contribution in [0.1, 0.15) is 90.1 Å². The molecule has 0 radical (unpaired) electrons. The number of benzene rings is 6. The number of allylic oxidation sites excluding steroid dienone is 2. The monoisotopic (exact) mass is 808 g/mol. The number of rotatable bonds is 3. The Hall–Kier alpha value is -6.07. The first-order valence-corrected chi connectivity index (χ1v) is 22.6.